The highest BCUT2D eigenvalue weighted by atomic mass is 127. The monoisotopic (exact) mass is 490 g/mol. The van der Waals surface area contributed by atoms with Crippen LogP contribution in [-0.4, -0.2) is 21.7 Å². The van der Waals surface area contributed by atoms with E-state index in [1.807, 2.05) is 12.1 Å². The summed E-state index contributed by atoms with van der Waals surface area (Å²) >= 11 is 2.07. The Morgan fingerprint density at radius 3 is 2.96 bits per heavy atom. The Morgan fingerprint density at radius 1 is 1.43 bits per heavy atom. The standard InChI is InChI=1S/C21H19IN2O4/c1-3-11-12-6-10(25)4-5-16(12)23-18-13(11)8-24-17(18)7-15-14(19(24)26)9-28-20(27)21(15,2)22/h4-7,16,23,25H,3,8-9H2,1-2H3/t16?,21-/m1/s1. The number of hydrogen-bond acceptors (Lipinski definition) is 5. The normalized spacial score (nSPS) is 27.5. The van der Waals surface area contributed by atoms with Gasteiger partial charge in [-0.05, 0) is 48.3 Å². The zero-order valence-electron chi connectivity index (χ0n) is 15.5. The van der Waals surface area contributed by atoms with Crippen molar-refractivity contribution in [3.05, 3.63) is 73.9 Å². The summed E-state index contributed by atoms with van der Waals surface area (Å²) < 4.78 is 6.15. The van der Waals surface area contributed by atoms with Crippen LogP contribution < -0.4 is 10.9 Å². The summed E-state index contributed by atoms with van der Waals surface area (Å²) in [5.41, 5.74) is 6.22. The van der Waals surface area contributed by atoms with E-state index in [1.54, 1.807) is 23.6 Å². The first-order valence-electron chi connectivity index (χ1n) is 9.28. The Labute approximate surface area is 175 Å². The predicted molar refractivity (Wildman–Crippen MR) is 113 cm³/mol. The fourth-order valence-electron chi connectivity index (χ4n) is 4.54. The minimum absolute atomic E-state index is 0.0215. The van der Waals surface area contributed by atoms with Crippen LogP contribution >= 0.6 is 22.6 Å². The van der Waals surface area contributed by atoms with Crippen molar-refractivity contribution in [2.75, 3.05) is 0 Å². The van der Waals surface area contributed by atoms with Gasteiger partial charge >= 0.3 is 5.97 Å². The fourth-order valence-corrected chi connectivity index (χ4v) is 5.17. The van der Waals surface area contributed by atoms with E-state index in [9.17, 15) is 14.7 Å². The van der Waals surface area contributed by atoms with Gasteiger partial charge in [-0.2, -0.15) is 0 Å². The lowest BCUT2D eigenvalue weighted by atomic mass is 9.86. The number of alkyl halides is 1. The molecule has 0 radical (unpaired) electrons. The van der Waals surface area contributed by atoms with Crippen molar-refractivity contribution in [1.82, 2.24) is 9.88 Å². The lowest BCUT2D eigenvalue weighted by molar-refractivity contribution is -0.148. The molecule has 4 aliphatic rings. The van der Waals surface area contributed by atoms with Crippen molar-refractivity contribution in [3.63, 3.8) is 0 Å². The van der Waals surface area contributed by atoms with Crippen LogP contribution in [0.5, 0.6) is 0 Å². The van der Waals surface area contributed by atoms with E-state index < -0.39 is 3.42 Å². The molecule has 0 saturated carbocycles. The maximum atomic E-state index is 13.2. The lowest BCUT2D eigenvalue weighted by Gasteiger charge is -2.31. The molecule has 1 unspecified atom stereocenters. The number of aliphatic hydroxyl groups is 1. The molecule has 0 bridgehead atoms. The SMILES string of the molecule is CCC1=C2C=C(O)C=CC2NC2=C1Cn1c2cc2c(c1=O)COC(=O)[C@]2(C)I. The number of halogens is 1. The Morgan fingerprint density at radius 2 is 2.21 bits per heavy atom. The predicted octanol–water partition coefficient (Wildman–Crippen LogP) is 2.97. The number of ether oxygens (including phenoxy) is 1. The third-order valence-corrected chi connectivity index (χ3v) is 7.00. The van der Waals surface area contributed by atoms with E-state index in [1.165, 1.54) is 0 Å². The zero-order chi connectivity index (χ0) is 19.8. The number of dihydropyridines is 1. The number of hydrogen-bond donors (Lipinski definition) is 2. The molecule has 0 aromatic carbocycles. The molecule has 4 heterocycles. The minimum atomic E-state index is -0.883. The number of carbonyl (C=O) groups is 1. The molecule has 6 nitrogen and oxygen atoms in total. The Hall–Kier alpha value is -2.29. The fraction of sp³-hybridized carbons (Fsp3) is 0.333. The summed E-state index contributed by atoms with van der Waals surface area (Å²) in [5.74, 6) is -0.0801. The number of esters is 1. The van der Waals surface area contributed by atoms with Gasteiger partial charge in [-0.15, -0.1) is 0 Å². The zero-order valence-corrected chi connectivity index (χ0v) is 17.7. The van der Waals surface area contributed by atoms with E-state index in [0.717, 1.165) is 40.1 Å². The van der Waals surface area contributed by atoms with Crippen LogP contribution in [0.3, 0.4) is 0 Å². The number of aliphatic hydroxyl groups excluding tert-OH is 1. The van der Waals surface area contributed by atoms with Crippen LogP contribution in [0, 0.1) is 0 Å². The smallest absolute Gasteiger partial charge is 0.326 e. The molecule has 0 spiro atoms. The van der Waals surface area contributed by atoms with Gasteiger partial charge < -0.3 is 19.7 Å². The average Bonchev–Trinajstić information content (AvgIpc) is 3.02. The van der Waals surface area contributed by atoms with E-state index in [4.69, 9.17) is 4.74 Å². The number of cyclic esters (lactones) is 1. The van der Waals surface area contributed by atoms with Crippen molar-refractivity contribution in [2.45, 2.75) is 42.9 Å². The Kier molecular flexibility index (Phi) is 3.72. The van der Waals surface area contributed by atoms with Crippen LogP contribution in [0.15, 0.2) is 51.6 Å². The molecule has 144 valence electrons. The number of nitrogens with one attached hydrogen (secondary N) is 1. The van der Waals surface area contributed by atoms with Crippen LogP contribution in [0.1, 0.15) is 37.1 Å². The lowest BCUT2D eigenvalue weighted by Crippen LogP contribution is -2.39. The van der Waals surface area contributed by atoms with Crippen LogP contribution in [-0.2, 0) is 26.1 Å². The van der Waals surface area contributed by atoms with Crippen LogP contribution in [0.4, 0.5) is 0 Å². The largest absolute Gasteiger partial charge is 0.508 e. The molecule has 1 aromatic heterocycles. The first kappa shape index (κ1) is 17.8. The van der Waals surface area contributed by atoms with Gasteiger partial charge in [0.25, 0.3) is 5.56 Å². The maximum absolute atomic E-state index is 13.2. The highest BCUT2D eigenvalue weighted by Gasteiger charge is 2.43. The number of rotatable bonds is 1. The quantitative estimate of drug-likeness (QED) is 0.360. The van der Waals surface area contributed by atoms with Crippen molar-refractivity contribution < 1.29 is 14.6 Å². The van der Waals surface area contributed by atoms with Crippen molar-refractivity contribution >= 4 is 34.3 Å². The van der Waals surface area contributed by atoms with E-state index >= 15 is 0 Å². The van der Waals surface area contributed by atoms with Crippen LogP contribution in [0.2, 0.25) is 0 Å². The third kappa shape index (κ3) is 2.25. The molecule has 0 saturated heterocycles. The Balaban J connectivity index is 1.73. The highest BCUT2D eigenvalue weighted by Crippen LogP contribution is 2.43. The Bertz CT molecular complexity index is 1130. The number of allylic oxidation sites excluding steroid dienone is 3. The number of carbonyl (C=O) groups excluding carboxylic acids is 1. The number of aromatic nitrogens is 1. The molecule has 3 aliphatic heterocycles. The van der Waals surface area contributed by atoms with Crippen molar-refractivity contribution in [2.24, 2.45) is 0 Å². The third-order valence-electron chi connectivity index (χ3n) is 5.98. The molecule has 2 N–H and O–H groups in total. The summed E-state index contributed by atoms with van der Waals surface area (Å²) in [7, 11) is 0. The van der Waals surface area contributed by atoms with E-state index in [0.29, 0.717) is 12.1 Å². The summed E-state index contributed by atoms with van der Waals surface area (Å²) in [6.07, 6.45) is 6.22. The molecular formula is C21H19IN2O4. The van der Waals surface area contributed by atoms with E-state index in [2.05, 4.69) is 34.8 Å². The maximum Gasteiger partial charge on any atom is 0.326 e. The molecule has 0 fully saturated rings. The van der Waals surface area contributed by atoms with Gasteiger partial charge in [0.05, 0.1) is 29.5 Å². The van der Waals surface area contributed by atoms with Gasteiger partial charge in [-0.3, -0.25) is 9.59 Å². The molecule has 5 rings (SSSR count). The molecule has 28 heavy (non-hydrogen) atoms. The van der Waals surface area contributed by atoms with E-state index in [-0.39, 0.29) is 29.9 Å². The van der Waals surface area contributed by atoms with Gasteiger partial charge in [-0.1, -0.05) is 35.6 Å². The first-order valence-corrected chi connectivity index (χ1v) is 10.4. The molecule has 0 amide bonds. The molecule has 2 atom stereocenters. The summed E-state index contributed by atoms with van der Waals surface area (Å²) in [6.45, 7) is 4.38. The molecule has 7 heteroatoms. The summed E-state index contributed by atoms with van der Waals surface area (Å²) in [6, 6.07) is 1.93. The van der Waals surface area contributed by atoms with Gasteiger partial charge in [0.15, 0.2) is 0 Å². The summed E-state index contributed by atoms with van der Waals surface area (Å²) in [5, 5.41) is 13.5. The van der Waals surface area contributed by atoms with Crippen molar-refractivity contribution in [3.8, 4) is 0 Å². The highest BCUT2D eigenvalue weighted by molar-refractivity contribution is 14.1. The number of nitrogens with zero attached hydrogens (tertiary/aromatic N) is 1. The van der Waals surface area contributed by atoms with Crippen LogP contribution in [0.25, 0.3) is 5.70 Å². The second-order valence-electron chi connectivity index (χ2n) is 7.58. The average molecular weight is 490 g/mol. The van der Waals surface area contributed by atoms with Gasteiger partial charge in [0.1, 0.15) is 15.8 Å². The summed E-state index contributed by atoms with van der Waals surface area (Å²) in [4.78, 5) is 25.5. The molecule has 1 aromatic rings. The molecular weight excluding hydrogens is 471 g/mol. The second kappa shape index (κ2) is 5.85. The van der Waals surface area contributed by atoms with Gasteiger partial charge in [-0.25, -0.2) is 0 Å². The second-order valence-corrected chi connectivity index (χ2v) is 9.74. The number of fused-ring (bicyclic) bond motifs is 4. The molecule has 1 aliphatic carbocycles. The number of pyridine rings is 1. The minimum Gasteiger partial charge on any atom is -0.508 e. The van der Waals surface area contributed by atoms with Gasteiger partial charge in [0, 0.05) is 5.57 Å². The topological polar surface area (TPSA) is 80.6 Å². The van der Waals surface area contributed by atoms with Crippen molar-refractivity contribution in [1.29, 1.82) is 0 Å². The van der Waals surface area contributed by atoms with Gasteiger partial charge in [0.2, 0.25) is 0 Å². The first-order chi connectivity index (χ1) is 13.3.